The van der Waals surface area contributed by atoms with Gasteiger partial charge in [0.05, 0.1) is 44.7 Å². The number of aliphatic hydroxyl groups excluding tert-OH is 3. The van der Waals surface area contributed by atoms with Gasteiger partial charge in [0, 0.05) is 32.7 Å². The zero-order chi connectivity index (χ0) is 37.3. The second-order valence-electron chi connectivity index (χ2n) is 15.6. The van der Waals surface area contributed by atoms with E-state index in [0.29, 0.717) is 52.6 Å². The number of hydrogen-bond donors (Lipinski definition) is 4. The number of nitrogens with zero attached hydrogens (tertiary/aromatic N) is 1. The lowest BCUT2D eigenvalue weighted by Gasteiger charge is -2.27. The number of unbranched alkanes of at least 4 members (excludes halogenated alkanes) is 23. The van der Waals surface area contributed by atoms with Crippen LogP contribution in [0.3, 0.4) is 0 Å². The lowest BCUT2D eigenvalue weighted by Crippen LogP contribution is -2.40. The van der Waals surface area contributed by atoms with Crippen molar-refractivity contribution >= 4 is 0 Å². The van der Waals surface area contributed by atoms with Crippen molar-refractivity contribution in [2.24, 2.45) is 0 Å². The smallest absolute Gasteiger partial charge is 0.0701 e. The van der Waals surface area contributed by atoms with Gasteiger partial charge in [0.2, 0.25) is 0 Å². The molecule has 0 aliphatic rings. The summed E-state index contributed by atoms with van der Waals surface area (Å²) in [6.07, 6.45) is 35.1. The molecule has 0 aromatic rings. The fourth-order valence-corrected chi connectivity index (χ4v) is 6.96. The summed E-state index contributed by atoms with van der Waals surface area (Å²) >= 11 is 0. The van der Waals surface area contributed by atoms with E-state index in [1.165, 1.54) is 148 Å². The molecule has 0 radical (unpaired) electrons. The summed E-state index contributed by atoms with van der Waals surface area (Å²) in [5.74, 6) is 0. The van der Waals surface area contributed by atoms with E-state index < -0.39 is 0 Å². The maximum atomic E-state index is 10.8. The van der Waals surface area contributed by atoms with Crippen LogP contribution in [0.4, 0.5) is 0 Å². The Morgan fingerprint density at radius 3 is 1.14 bits per heavy atom. The van der Waals surface area contributed by atoms with Crippen LogP contribution >= 0.6 is 0 Å². The van der Waals surface area contributed by atoms with Crippen molar-refractivity contribution in [3.8, 4) is 0 Å². The van der Waals surface area contributed by atoms with Gasteiger partial charge in [0.1, 0.15) is 0 Å². The van der Waals surface area contributed by atoms with Crippen molar-refractivity contribution in [2.45, 2.75) is 225 Å². The minimum atomic E-state index is -0.357. The third-order valence-corrected chi connectivity index (χ3v) is 10.3. The van der Waals surface area contributed by atoms with Crippen LogP contribution in [-0.2, 0) is 9.47 Å². The molecule has 0 fully saturated rings. The molecule has 0 spiro atoms. The van der Waals surface area contributed by atoms with Crippen molar-refractivity contribution in [2.75, 3.05) is 59.2 Å². The summed E-state index contributed by atoms with van der Waals surface area (Å²) in [7, 11) is 0. The third kappa shape index (κ3) is 40.7. The molecule has 0 saturated heterocycles. The molecule has 51 heavy (non-hydrogen) atoms. The molecule has 7 nitrogen and oxygen atoms in total. The summed E-state index contributed by atoms with van der Waals surface area (Å²) in [6.45, 7) is 12.3. The summed E-state index contributed by atoms with van der Waals surface area (Å²) in [6, 6.07) is 0. The number of hydrogen-bond acceptors (Lipinski definition) is 7. The SMILES string of the molecule is CCCCCCCCCCCCC(O)CNCCOCCOCCN(CC(O)CCCCCCCCCC)CC(O)CCCCCCCCCC. The molecule has 0 amide bonds. The van der Waals surface area contributed by atoms with Crippen LogP contribution < -0.4 is 5.32 Å². The molecule has 3 atom stereocenters. The molecule has 0 aliphatic carbocycles. The fourth-order valence-electron chi connectivity index (χ4n) is 6.96. The number of ether oxygens (including phenoxy) is 2. The zero-order valence-corrected chi connectivity index (χ0v) is 34.7. The largest absolute Gasteiger partial charge is 0.392 e. The maximum absolute atomic E-state index is 10.8. The van der Waals surface area contributed by atoms with Gasteiger partial charge in [-0.1, -0.05) is 188 Å². The van der Waals surface area contributed by atoms with Gasteiger partial charge < -0.3 is 30.1 Å². The van der Waals surface area contributed by atoms with Gasteiger partial charge in [-0.25, -0.2) is 0 Å². The first-order valence-corrected chi connectivity index (χ1v) is 22.7. The van der Waals surface area contributed by atoms with Gasteiger partial charge in [-0.05, 0) is 19.3 Å². The Kier molecular flexibility index (Phi) is 42.2. The molecular formula is C44H92N2O5. The van der Waals surface area contributed by atoms with E-state index in [1.54, 1.807) is 0 Å². The average molecular weight is 729 g/mol. The Balaban J connectivity index is 4.07. The van der Waals surface area contributed by atoms with Gasteiger partial charge in [-0.3, -0.25) is 4.90 Å². The first kappa shape index (κ1) is 50.7. The topological polar surface area (TPSA) is 94.4 Å². The summed E-state index contributed by atoms with van der Waals surface area (Å²) in [4.78, 5) is 2.20. The molecular weight excluding hydrogens is 636 g/mol. The van der Waals surface area contributed by atoms with Gasteiger partial charge in [0.15, 0.2) is 0 Å². The normalized spacial score (nSPS) is 13.7. The molecule has 308 valence electrons. The molecule has 7 heteroatoms. The van der Waals surface area contributed by atoms with Crippen LogP contribution in [0.5, 0.6) is 0 Å². The third-order valence-electron chi connectivity index (χ3n) is 10.3. The van der Waals surface area contributed by atoms with E-state index in [-0.39, 0.29) is 18.3 Å². The van der Waals surface area contributed by atoms with E-state index in [2.05, 4.69) is 31.0 Å². The highest BCUT2D eigenvalue weighted by molar-refractivity contribution is 4.70. The van der Waals surface area contributed by atoms with Gasteiger partial charge in [-0.2, -0.15) is 0 Å². The standard InChI is InChI=1S/C44H92N2O5/c1-4-7-10-13-16-19-20-23-24-27-30-42(47)39-45-33-35-50-37-38-51-36-34-46(40-43(48)31-28-25-21-17-14-11-8-5-2)41-44(49)32-29-26-22-18-15-12-9-6-3/h42-45,47-49H,4-41H2,1-3H3. The van der Waals surface area contributed by atoms with E-state index >= 15 is 0 Å². The highest BCUT2D eigenvalue weighted by Crippen LogP contribution is 2.14. The van der Waals surface area contributed by atoms with Crippen molar-refractivity contribution in [3.63, 3.8) is 0 Å². The van der Waals surface area contributed by atoms with Gasteiger partial charge in [0.25, 0.3) is 0 Å². The van der Waals surface area contributed by atoms with E-state index in [9.17, 15) is 15.3 Å². The summed E-state index contributed by atoms with van der Waals surface area (Å²) < 4.78 is 11.6. The number of rotatable bonds is 44. The van der Waals surface area contributed by atoms with E-state index in [4.69, 9.17) is 9.47 Å². The molecule has 3 unspecified atom stereocenters. The first-order valence-electron chi connectivity index (χ1n) is 22.7. The highest BCUT2D eigenvalue weighted by Gasteiger charge is 2.16. The first-order chi connectivity index (χ1) is 25.0. The lowest BCUT2D eigenvalue weighted by molar-refractivity contribution is 0.0186. The monoisotopic (exact) mass is 729 g/mol. The number of aliphatic hydroxyl groups is 3. The molecule has 0 saturated carbocycles. The lowest BCUT2D eigenvalue weighted by atomic mass is 10.0. The summed E-state index contributed by atoms with van der Waals surface area (Å²) in [5.41, 5.74) is 0. The minimum Gasteiger partial charge on any atom is -0.392 e. The highest BCUT2D eigenvalue weighted by atomic mass is 16.5. The van der Waals surface area contributed by atoms with Crippen LogP contribution in [0.2, 0.25) is 0 Å². The van der Waals surface area contributed by atoms with Crippen LogP contribution in [0.15, 0.2) is 0 Å². The van der Waals surface area contributed by atoms with Crippen LogP contribution in [0.25, 0.3) is 0 Å². The Bertz CT molecular complexity index is 615. The van der Waals surface area contributed by atoms with Crippen LogP contribution in [0.1, 0.15) is 207 Å². The maximum Gasteiger partial charge on any atom is 0.0701 e. The Morgan fingerprint density at radius 2 is 0.745 bits per heavy atom. The Labute approximate surface area is 318 Å². The van der Waals surface area contributed by atoms with E-state index in [1.807, 2.05) is 0 Å². The molecule has 0 aromatic heterocycles. The van der Waals surface area contributed by atoms with E-state index in [0.717, 1.165) is 45.1 Å². The van der Waals surface area contributed by atoms with Gasteiger partial charge in [-0.15, -0.1) is 0 Å². The molecule has 0 heterocycles. The van der Waals surface area contributed by atoms with Crippen LogP contribution in [0, 0.1) is 0 Å². The summed E-state index contributed by atoms with van der Waals surface area (Å²) in [5, 5.41) is 35.2. The van der Waals surface area contributed by atoms with Crippen molar-refractivity contribution in [1.82, 2.24) is 10.2 Å². The quantitative estimate of drug-likeness (QED) is 0.0464. The minimum absolute atomic E-state index is 0.275. The second kappa shape index (κ2) is 42.5. The zero-order valence-electron chi connectivity index (χ0n) is 34.7. The average Bonchev–Trinajstić information content (AvgIpc) is 3.12. The predicted octanol–water partition coefficient (Wildman–Crippen LogP) is 10.4. The Hall–Kier alpha value is -0.280. The van der Waals surface area contributed by atoms with Gasteiger partial charge >= 0.3 is 0 Å². The molecule has 0 rings (SSSR count). The molecule has 0 aliphatic heterocycles. The van der Waals surface area contributed by atoms with Crippen molar-refractivity contribution in [3.05, 3.63) is 0 Å². The molecule has 4 N–H and O–H groups in total. The molecule has 0 aromatic carbocycles. The predicted molar refractivity (Wildman–Crippen MR) is 220 cm³/mol. The van der Waals surface area contributed by atoms with Crippen LogP contribution in [-0.4, -0.2) is 97.7 Å². The fraction of sp³-hybridized carbons (Fsp3) is 1.00. The van der Waals surface area contributed by atoms with Crippen molar-refractivity contribution in [1.29, 1.82) is 0 Å². The Morgan fingerprint density at radius 1 is 0.412 bits per heavy atom. The van der Waals surface area contributed by atoms with Crippen molar-refractivity contribution < 1.29 is 24.8 Å². The number of nitrogens with one attached hydrogen (secondary N) is 1. The second-order valence-corrected chi connectivity index (χ2v) is 15.6. The molecule has 0 bridgehead atoms.